The second kappa shape index (κ2) is 9.00. The average molecular weight is 486 g/mol. The number of hydrogen-bond donors (Lipinski definition) is 1. The van der Waals surface area contributed by atoms with E-state index in [1.807, 2.05) is 46.6 Å². The van der Waals surface area contributed by atoms with E-state index < -0.39 is 0 Å². The number of aromatic nitrogens is 1. The van der Waals surface area contributed by atoms with E-state index in [-0.39, 0.29) is 17.9 Å². The molecule has 35 heavy (non-hydrogen) atoms. The third-order valence-electron chi connectivity index (χ3n) is 7.27. The molecule has 6 rings (SSSR count). The number of carbonyl (C=O) groups is 1. The maximum Gasteiger partial charge on any atom is 0.322 e. The first-order valence-corrected chi connectivity index (χ1v) is 13.2. The van der Waals surface area contributed by atoms with Crippen LogP contribution in [0.3, 0.4) is 0 Å². The predicted molar refractivity (Wildman–Crippen MR) is 139 cm³/mol. The van der Waals surface area contributed by atoms with Gasteiger partial charge in [0.1, 0.15) is 10.8 Å². The minimum absolute atomic E-state index is 0.142. The van der Waals surface area contributed by atoms with Crippen LogP contribution in [0.2, 0.25) is 0 Å². The lowest BCUT2D eigenvalue weighted by atomic mass is 9.95. The van der Waals surface area contributed by atoms with Crippen LogP contribution in [0.25, 0.3) is 5.00 Å². The molecule has 1 aliphatic heterocycles. The Labute approximate surface area is 209 Å². The van der Waals surface area contributed by atoms with Gasteiger partial charge in [0.2, 0.25) is 0 Å². The van der Waals surface area contributed by atoms with Gasteiger partial charge in [0.05, 0.1) is 18.3 Å². The monoisotopic (exact) mass is 485 g/mol. The van der Waals surface area contributed by atoms with Crippen molar-refractivity contribution in [1.82, 2.24) is 9.47 Å². The summed E-state index contributed by atoms with van der Waals surface area (Å²) >= 11 is 1.87. The van der Waals surface area contributed by atoms with Crippen LogP contribution >= 0.6 is 11.3 Å². The molecule has 0 radical (unpaired) electrons. The summed E-state index contributed by atoms with van der Waals surface area (Å²) < 4.78 is 16.1. The summed E-state index contributed by atoms with van der Waals surface area (Å²) in [6.07, 6.45) is 7.52. The number of nitrogens with zero attached hydrogens (tertiary/aromatic N) is 2. The normalized spacial score (nSPS) is 16.7. The molecular weight excluding hydrogens is 457 g/mol. The number of aryl methyl sites for hydroxylation is 2. The number of carbonyl (C=O) groups excluding carboxylic acids is 1. The summed E-state index contributed by atoms with van der Waals surface area (Å²) in [6.45, 7) is 2.61. The predicted octanol–water partition coefficient (Wildman–Crippen LogP) is 7.26. The molecule has 4 aromatic rings. The molecular formula is C29H28FN3OS. The second-order valence-corrected chi connectivity index (χ2v) is 10.4. The molecule has 0 bridgehead atoms. The zero-order valence-electron chi connectivity index (χ0n) is 19.8. The third-order valence-corrected chi connectivity index (χ3v) is 8.60. The fourth-order valence-corrected chi connectivity index (χ4v) is 6.92. The van der Waals surface area contributed by atoms with Crippen LogP contribution in [0.4, 0.5) is 14.9 Å². The van der Waals surface area contributed by atoms with Crippen molar-refractivity contribution in [2.45, 2.75) is 51.6 Å². The first-order chi connectivity index (χ1) is 17.1. The number of hydrogen-bond acceptors (Lipinski definition) is 2. The Balaban J connectivity index is 1.50. The van der Waals surface area contributed by atoms with Crippen molar-refractivity contribution in [3.8, 4) is 5.00 Å². The molecule has 2 aliphatic rings. The van der Waals surface area contributed by atoms with Crippen LogP contribution < -0.4 is 5.32 Å². The molecule has 0 fully saturated rings. The van der Waals surface area contributed by atoms with Gasteiger partial charge in [0.25, 0.3) is 0 Å². The van der Waals surface area contributed by atoms with E-state index in [9.17, 15) is 9.18 Å². The lowest BCUT2D eigenvalue weighted by Gasteiger charge is -2.31. The number of para-hydroxylation sites is 1. The van der Waals surface area contributed by atoms with E-state index in [0.29, 0.717) is 6.54 Å². The number of anilines is 1. The zero-order chi connectivity index (χ0) is 23.9. The van der Waals surface area contributed by atoms with Crippen molar-refractivity contribution in [3.63, 3.8) is 0 Å². The number of urea groups is 1. The van der Waals surface area contributed by atoms with Crippen molar-refractivity contribution >= 4 is 23.1 Å². The van der Waals surface area contributed by atoms with Gasteiger partial charge in [-0.3, -0.25) is 0 Å². The third kappa shape index (κ3) is 3.86. The van der Waals surface area contributed by atoms with Gasteiger partial charge in [-0.25, -0.2) is 9.18 Å². The minimum Gasteiger partial charge on any atom is -0.310 e. The van der Waals surface area contributed by atoms with Crippen molar-refractivity contribution in [2.24, 2.45) is 0 Å². The van der Waals surface area contributed by atoms with Crippen molar-refractivity contribution in [1.29, 1.82) is 0 Å². The largest absolute Gasteiger partial charge is 0.322 e. The van der Waals surface area contributed by atoms with Crippen molar-refractivity contribution < 1.29 is 9.18 Å². The molecule has 3 heterocycles. The number of nitrogens with one attached hydrogen (secondary N) is 1. The number of halogens is 1. The molecule has 178 valence electrons. The standard InChI is InChI=1S/C29H28FN3OS/c1-2-19-8-3-5-10-24(19)31-29(34)33-18-23-22-9-4-6-12-26(22)35-28(23)32-17-7-11-25(32)27(33)20-13-15-21(30)16-14-20/h3,5,7-8,10-11,13-17,27H,2,4,6,9,12,18H2,1H3,(H,31,34). The highest BCUT2D eigenvalue weighted by molar-refractivity contribution is 7.15. The van der Waals surface area contributed by atoms with Crippen LogP contribution in [0.15, 0.2) is 66.9 Å². The van der Waals surface area contributed by atoms with Gasteiger partial charge in [-0.15, -0.1) is 11.3 Å². The average Bonchev–Trinajstić information content (AvgIpc) is 3.47. The van der Waals surface area contributed by atoms with Gasteiger partial charge in [-0.2, -0.15) is 0 Å². The van der Waals surface area contributed by atoms with E-state index in [4.69, 9.17) is 0 Å². The smallest absolute Gasteiger partial charge is 0.310 e. The fraction of sp³-hybridized carbons (Fsp3) is 0.276. The Kier molecular flexibility index (Phi) is 5.69. The summed E-state index contributed by atoms with van der Waals surface area (Å²) in [7, 11) is 0. The van der Waals surface area contributed by atoms with E-state index in [1.54, 1.807) is 12.1 Å². The molecule has 0 spiro atoms. The highest BCUT2D eigenvalue weighted by Gasteiger charge is 2.36. The van der Waals surface area contributed by atoms with E-state index in [0.717, 1.165) is 41.8 Å². The van der Waals surface area contributed by atoms with Gasteiger partial charge in [0, 0.05) is 22.3 Å². The highest BCUT2D eigenvalue weighted by Crippen LogP contribution is 2.44. The van der Waals surface area contributed by atoms with Crippen LogP contribution in [0, 0.1) is 5.82 Å². The van der Waals surface area contributed by atoms with E-state index >= 15 is 0 Å². The quantitative estimate of drug-likeness (QED) is 0.326. The maximum absolute atomic E-state index is 14.0. The van der Waals surface area contributed by atoms with Gasteiger partial charge < -0.3 is 14.8 Å². The number of amides is 2. The van der Waals surface area contributed by atoms with Gasteiger partial charge in [0.15, 0.2) is 0 Å². The van der Waals surface area contributed by atoms with Crippen LogP contribution in [0.1, 0.15) is 58.6 Å². The summed E-state index contributed by atoms with van der Waals surface area (Å²) in [4.78, 5) is 17.4. The maximum atomic E-state index is 14.0. The summed E-state index contributed by atoms with van der Waals surface area (Å²) in [5, 5.41) is 4.42. The van der Waals surface area contributed by atoms with E-state index in [2.05, 4.69) is 29.1 Å². The topological polar surface area (TPSA) is 37.3 Å². The highest BCUT2D eigenvalue weighted by atomic mass is 32.1. The fourth-order valence-electron chi connectivity index (χ4n) is 5.52. The summed E-state index contributed by atoms with van der Waals surface area (Å²) in [5.74, 6) is -0.279. The Bertz CT molecular complexity index is 1390. The molecule has 2 aromatic heterocycles. The number of thiophene rings is 1. The summed E-state index contributed by atoms with van der Waals surface area (Å²) in [5.41, 5.74) is 6.53. The van der Waals surface area contributed by atoms with Crippen LogP contribution in [-0.4, -0.2) is 15.5 Å². The van der Waals surface area contributed by atoms with Gasteiger partial charge in [-0.1, -0.05) is 37.3 Å². The second-order valence-electron chi connectivity index (χ2n) is 9.32. The van der Waals surface area contributed by atoms with Crippen molar-refractivity contribution in [3.05, 3.63) is 106 Å². The first kappa shape index (κ1) is 22.1. The van der Waals surface area contributed by atoms with Crippen LogP contribution in [-0.2, 0) is 25.8 Å². The molecule has 0 saturated carbocycles. The number of benzene rings is 2. The van der Waals surface area contributed by atoms with Crippen molar-refractivity contribution in [2.75, 3.05) is 5.32 Å². The number of fused-ring (bicyclic) bond motifs is 5. The molecule has 0 saturated heterocycles. The summed E-state index contributed by atoms with van der Waals surface area (Å²) in [6, 6.07) is 18.2. The molecule has 2 aromatic carbocycles. The molecule has 1 atom stereocenters. The van der Waals surface area contributed by atoms with Gasteiger partial charge >= 0.3 is 6.03 Å². The Hall–Kier alpha value is -3.38. The van der Waals surface area contributed by atoms with E-state index in [1.165, 1.54) is 46.0 Å². The molecule has 1 N–H and O–H groups in total. The molecule has 2 amide bonds. The molecule has 4 nitrogen and oxygen atoms in total. The lowest BCUT2D eigenvalue weighted by Crippen LogP contribution is -2.38. The molecule has 1 unspecified atom stereocenters. The SMILES string of the molecule is CCc1ccccc1NC(=O)N1Cc2c(sc3c2CCCC3)-n2cccc2C1c1ccc(F)cc1. The first-order valence-electron chi connectivity index (χ1n) is 12.4. The minimum atomic E-state index is -0.335. The molecule has 1 aliphatic carbocycles. The lowest BCUT2D eigenvalue weighted by molar-refractivity contribution is 0.194. The van der Waals surface area contributed by atoms with Gasteiger partial charge in [-0.05, 0) is 79.1 Å². The Morgan fingerprint density at radius 3 is 2.66 bits per heavy atom. The number of rotatable bonds is 3. The zero-order valence-corrected chi connectivity index (χ0v) is 20.6. The van der Waals surface area contributed by atoms with Crippen LogP contribution in [0.5, 0.6) is 0 Å². The Morgan fingerprint density at radius 2 is 1.83 bits per heavy atom. The molecule has 6 heteroatoms. The Morgan fingerprint density at radius 1 is 1.03 bits per heavy atom.